The summed E-state index contributed by atoms with van der Waals surface area (Å²) < 4.78 is 0. The van der Waals surface area contributed by atoms with Crippen LogP contribution in [0.3, 0.4) is 0 Å². The van der Waals surface area contributed by atoms with Gasteiger partial charge in [0.15, 0.2) is 11.6 Å². The van der Waals surface area contributed by atoms with E-state index in [0.717, 1.165) is 17.5 Å². The first-order valence-corrected chi connectivity index (χ1v) is 11.9. The van der Waals surface area contributed by atoms with Gasteiger partial charge in [0.2, 0.25) is 0 Å². The minimum atomic E-state index is -2.02. The molecule has 172 valence electrons. The number of aliphatic hydroxyl groups is 2. The number of primary amides is 1. The van der Waals surface area contributed by atoms with E-state index < -0.39 is 34.5 Å². The fraction of sp³-hybridized carbons (Fsp3) is 0.400. The maximum Gasteiger partial charge on any atom is 0.255 e. The van der Waals surface area contributed by atoms with Gasteiger partial charge in [-0.25, -0.2) is 0 Å². The average molecular weight is 468 g/mol. The SMILES string of the molecule is CC1=CSC(c2ccc(O)c3c2C[C@H]2C[C@H]4CC(=O)C(C(N)=O)=C(O)[C@@]4(O)C(C)=C2C3=O)C1. The smallest absolute Gasteiger partial charge is 0.255 e. The number of rotatable bonds is 2. The van der Waals surface area contributed by atoms with E-state index in [1.807, 2.05) is 6.07 Å². The predicted molar refractivity (Wildman–Crippen MR) is 123 cm³/mol. The van der Waals surface area contributed by atoms with Gasteiger partial charge >= 0.3 is 0 Å². The standard InChI is InChI=1S/C25H25NO6S/c1-10-5-18(33-9-10)14-3-4-16(27)20-15(14)7-12-6-13-8-17(28)21(24(26)31)23(30)25(13,32)11(2)19(12)22(20)29/h3-4,9,12-13,18,27,30,32H,5-8H2,1-2H3,(H2,26,31)/t12-,13+,18?,25-/m1/s1. The van der Waals surface area contributed by atoms with Crippen molar-refractivity contribution in [1.82, 2.24) is 0 Å². The van der Waals surface area contributed by atoms with Gasteiger partial charge in [0.05, 0.1) is 5.56 Å². The van der Waals surface area contributed by atoms with Gasteiger partial charge in [-0.05, 0) is 67.2 Å². The van der Waals surface area contributed by atoms with E-state index in [9.17, 15) is 29.7 Å². The van der Waals surface area contributed by atoms with Gasteiger partial charge in [-0.15, -0.1) is 11.8 Å². The number of phenols is 1. The van der Waals surface area contributed by atoms with Crippen molar-refractivity contribution < 1.29 is 29.7 Å². The lowest BCUT2D eigenvalue weighted by Gasteiger charge is -2.48. The number of phenolic OH excluding ortho intramolecular Hbond substituents is 1. The second kappa shape index (κ2) is 7.33. The summed E-state index contributed by atoms with van der Waals surface area (Å²) >= 11 is 1.70. The lowest BCUT2D eigenvalue weighted by Crippen LogP contribution is -2.53. The number of nitrogens with two attached hydrogens (primary N) is 1. The monoisotopic (exact) mass is 467 g/mol. The molecule has 5 N–H and O–H groups in total. The fourth-order valence-electron chi connectivity index (χ4n) is 6.07. The molecule has 33 heavy (non-hydrogen) atoms. The van der Waals surface area contributed by atoms with Crippen molar-refractivity contribution in [3.05, 3.63) is 62.3 Å². The zero-order valence-electron chi connectivity index (χ0n) is 18.3. The van der Waals surface area contributed by atoms with Crippen LogP contribution >= 0.6 is 11.8 Å². The third-order valence-corrected chi connectivity index (χ3v) is 8.92. The molecule has 1 aromatic carbocycles. The van der Waals surface area contributed by atoms with Gasteiger partial charge in [-0.1, -0.05) is 11.6 Å². The summed E-state index contributed by atoms with van der Waals surface area (Å²) in [4.78, 5) is 38.0. The Morgan fingerprint density at radius 2 is 1.88 bits per heavy atom. The second-order valence-corrected chi connectivity index (χ2v) is 10.6. The molecular weight excluding hydrogens is 442 g/mol. The molecule has 0 saturated heterocycles. The largest absolute Gasteiger partial charge is 0.508 e. The van der Waals surface area contributed by atoms with Crippen molar-refractivity contribution >= 4 is 29.2 Å². The molecule has 0 spiro atoms. The van der Waals surface area contributed by atoms with Crippen molar-refractivity contribution in [2.24, 2.45) is 17.6 Å². The van der Waals surface area contributed by atoms with Crippen LogP contribution < -0.4 is 5.73 Å². The van der Waals surface area contributed by atoms with Crippen LogP contribution in [-0.4, -0.2) is 38.4 Å². The number of hydrogen-bond acceptors (Lipinski definition) is 7. The summed E-state index contributed by atoms with van der Waals surface area (Å²) in [5.74, 6) is -3.94. The zero-order chi connectivity index (χ0) is 23.8. The van der Waals surface area contributed by atoms with Crippen molar-refractivity contribution in [1.29, 1.82) is 0 Å². The molecule has 0 aromatic heterocycles. The summed E-state index contributed by atoms with van der Waals surface area (Å²) in [7, 11) is 0. The molecule has 1 aromatic rings. The quantitative estimate of drug-likeness (QED) is 0.490. The van der Waals surface area contributed by atoms with Crippen LogP contribution in [0.25, 0.3) is 0 Å². The maximum atomic E-state index is 13.7. The number of aromatic hydroxyl groups is 1. The number of fused-ring (bicyclic) bond motifs is 3. The highest BCUT2D eigenvalue weighted by Gasteiger charge is 2.56. The number of allylic oxidation sites excluding steroid dienone is 2. The normalized spacial score (nSPS) is 31.2. The van der Waals surface area contributed by atoms with E-state index in [-0.39, 0.29) is 40.3 Å². The van der Waals surface area contributed by atoms with Crippen LogP contribution in [0, 0.1) is 11.8 Å². The summed E-state index contributed by atoms with van der Waals surface area (Å²) in [6.07, 6.45) is 1.51. The number of ketones is 2. The second-order valence-electron chi connectivity index (χ2n) is 9.50. The van der Waals surface area contributed by atoms with Gasteiger partial charge in [-0.3, -0.25) is 14.4 Å². The molecule has 1 heterocycles. The lowest BCUT2D eigenvalue weighted by atomic mass is 9.58. The van der Waals surface area contributed by atoms with Crippen LogP contribution in [0.4, 0.5) is 0 Å². The number of hydrogen-bond donors (Lipinski definition) is 4. The molecule has 1 unspecified atom stereocenters. The van der Waals surface area contributed by atoms with E-state index in [0.29, 0.717) is 18.4 Å². The topological polar surface area (TPSA) is 138 Å². The third-order valence-electron chi connectivity index (χ3n) is 7.64. The minimum Gasteiger partial charge on any atom is -0.508 e. The fourth-order valence-corrected chi connectivity index (χ4v) is 7.29. The Hall–Kier alpha value is -2.84. The molecule has 5 rings (SSSR count). The summed E-state index contributed by atoms with van der Waals surface area (Å²) in [5.41, 5.74) is 6.52. The molecule has 1 amide bonds. The highest BCUT2D eigenvalue weighted by molar-refractivity contribution is 8.02. The molecule has 4 aliphatic rings. The van der Waals surface area contributed by atoms with E-state index in [1.54, 1.807) is 24.8 Å². The van der Waals surface area contributed by atoms with Gasteiger partial charge < -0.3 is 21.1 Å². The number of amides is 1. The average Bonchev–Trinajstić information content (AvgIpc) is 3.16. The summed E-state index contributed by atoms with van der Waals surface area (Å²) in [6.45, 7) is 3.61. The van der Waals surface area contributed by atoms with Gasteiger partial charge in [0.1, 0.15) is 22.7 Å². The Morgan fingerprint density at radius 1 is 1.15 bits per heavy atom. The molecule has 0 bridgehead atoms. The van der Waals surface area contributed by atoms with Gasteiger partial charge in [-0.2, -0.15) is 0 Å². The molecule has 1 aliphatic heterocycles. The van der Waals surface area contributed by atoms with Crippen molar-refractivity contribution in [3.63, 3.8) is 0 Å². The Balaban J connectivity index is 1.67. The van der Waals surface area contributed by atoms with E-state index in [2.05, 4.69) is 12.3 Å². The Labute approximate surface area is 195 Å². The van der Waals surface area contributed by atoms with E-state index in [1.165, 1.54) is 5.57 Å². The third kappa shape index (κ3) is 2.97. The molecule has 0 fully saturated rings. The van der Waals surface area contributed by atoms with Crippen molar-refractivity contribution in [2.45, 2.75) is 50.4 Å². The van der Waals surface area contributed by atoms with Crippen LogP contribution in [0.2, 0.25) is 0 Å². The highest BCUT2D eigenvalue weighted by Crippen LogP contribution is 2.54. The molecule has 0 radical (unpaired) electrons. The molecule has 0 saturated carbocycles. The first-order valence-electron chi connectivity index (χ1n) is 11.0. The first kappa shape index (κ1) is 22.0. The Morgan fingerprint density at radius 3 is 2.52 bits per heavy atom. The lowest BCUT2D eigenvalue weighted by molar-refractivity contribution is -0.126. The predicted octanol–water partition coefficient (Wildman–Crippen LogP) is 3.17. The van der Waals surface area contributed by atoms with Crippen LogP contribution in [0.1, 0.15) is 59.8 Å². The summed E-state index contributed by atoms with van der Waals surface area (Å²) in [6, 6.07) is 3.42. The van der Waals surface area contributed by atoms with Crippen molar-refractivity contribution in [3.8, 4) is 5.75 Å². The van der Waals surface area contributed by atoms with Gasteiger partial charge in [0.25, 0.3) is 5.91 Å². The van der Waals surface area contributed by atoms with Crippen molar-refractivity contribution in [2.75, 3.05) is 0 Å². The molecular formula is C25H25NO6S. The summed E-state index contributed by atoms with van der Waals surface area (Å²) in [5, 5.41) is 35.2. The number of thioether (sulfide) groups is 1. The first-order chi connectivity index (χ1) is 15.6. The number of carbonyl (C=O) groups is 3. The Kier molecular flexibility index (Phi) is 4.88. The van der Waals surface area contributed by atoms with Crippen LogP contribution in [-0.2, 0) is 16.0 Å². The van der Waals surface area contributed by atoms with Crippen LogP contribution in [0.15, 0.2) is 45.6 Å². The molecule has 3 aliphatic carbocycles. The molecule has 8 heteroatoms. The number of Topliss-reactive ketones (excluding diaryl/α,β-unsaturated/α-hetero) is 2. The van der Waals surface area contributed by atoms with Gasteiger partial charge in [0, 0.05) is 23.2 Å². The highest BCUT2D eigenvalue weighted by atomic mass is 32.2. The zero-order valence-corrected chi connectivity index (χ0v) is 19.2. The van der Waals surface area contributed by atoms with Crippen LogP contribution in [0.5, 0.6) is 5.75 Å². The maximum absolute atomic E-state index is 13.7. The Bertz CT molecular complexity index is 1240. The number of benzene rings is 1. The van der Waals surface area contributed by atoms with E-state index in [4.69, 9.17) is 5.73 Å². The molecule has 4 atom stereocenters. The van der Waals surface area contributed by atoms with E-state index >= 15 is 0 Å². The number of carbonyl (C=O) groups excluding carboxylic acids is 3. The molecule has 7 nitrogen and oxygen atoms in total. The number of aliphatic hydroxyl groups excluding tert-OH is 1. The minimum absolute atomic E-state index is 0.115.